The van der Waals surface area contributed by atoms with E-state index < -0.39 is 0 Å². The first kappa shape index (κ1) is 11.4. The van der Waals surface area contributed by atoms with Crippen molar-refractivity contribution in [2.75, 3.05) is 0 Å². The summed E-state index contributed by atoms with van der Waals surface area (Å²) >= 11 is 1.65. The van der Waals surface area contributed by atoms with Crippen LogP contribution in [0, 0.1) is 18.8 Å². The van der Waals surface area contributed by atoms with Gasteiger partial charge in [0.15, 0.2) is 0 Å². The number of thiazole rings is 1. The van der Waals surface area contributed by atoms with Gasteiger partial charge < -0.3 is 0 Å². The Morgan fingerprint density at radius 1 is 1.57 bits per heavy atom. The molecule has 1 unspecified atom stereocenters. The lowest BCUT2D eigenvalue weighted by molar-refractivity contribution is -0.121. The fourth-order valence-electron chi connectivity index (χ4n) is 1.58. The van der Waals surface area contributed by atoms with Crippen LogP contribution in [0.15, 0.2) is 5.38 Å². The monoisotopic (exact) mass is 211 g/mol. The Labute approximate surface area is 89.4 Å². The zero-order valence-corrected chi connectivity index (χ0v) is 10.0. The molecule has 78 valence electrons. The first-order valence-electron chi connectivity index (χ1n) is 4.92. The van der Waals surface area contributed by atoms with Crippen LogP contribution in [0.25, 0.3) is 0 Å². The van der Waals surface area contributed by atoms with Gasteiger partial charge in [-0.2, -0.15) is 0 Å². The molecule has 0 aliphatic rings. The number of rotatable bonds is 4. The molecule has 1 aromatic heterocycles. The smallest absolute Gasteiger partial charge is 0.133 e. The van der Waals surface area contributed by atoms with E-state index in [0.29, 0.717) is 5.92 Å². The van der Waals surface area contributed by atoms with Gasteiger partial charge in [0, 0.05) is 17.7 Å². The molecule has 0 amide bonds. The number of aromatic nitrogens is 1. The average Bonchev–Trinajstić information content (AvgIpc) is 2.46. The second kappa shape index (κ2) is 4.69. The van der Waals surface area contributed by atoms with Gasteiger partial charge in [0.2, 0.25) is 0 Å². The van der Waals surface area contributed by atoms with E-state index in [1.165, 1.54) is 0 Å². The molecule has 0 aromatic carbocycles. The van der Waals surface area contributed by atoms with Crippen molar-refractivity contribution in [3.05, 3.63) is 16.1 Å². The van der Waals surface area contributed by atoms with Crippen LogP contribution in [0.3, 0.4) is 0 Å². The minimum absolute atomic E-state index is 0.122. The summed E-state index contributed by atoms with van der Waals surface area (Å²) in [6, 6.07) is 0. The Morgan fingerprint density at radius 3 is 2.57 bits per heavy atom. The second-order valence-corrected chi connectivity index (χ2v) is 5.09. The summed E-state index contributed by atoms with van der Waals surface area (Å²) in [7, 11) is 0. The molecule has 0 aliphatic heterocycles. The van der Waals surface area contributed by atoms with E-state index in [9.17, 15) is 4.79 Å². The number of hydrogen-bond acceptors (Lipinski definition) is 3. The van der Waals surface area contributed by atoms with Gasteiger partial charge in [0.25, 0.3) is 0 Å². The molecule has 0 aliphatic carbocycles. The molecule has 1 heterocycles. The minimum atomic E-state index is 0.122. The summed E-state index contributed by atoms with van der Waals surface area (Å²) in [5.41, 5.74) is 1.06. The molecule has 1 atom stereocenters. The fraction of sp³-hybridized carbons (Fsp3) is 0.636. The summed E-state index contributed by atoms with van der Waals surface area (Å²) in [5, 5.41) is 3.12. The second-order valence-electron chi connectivity index (χ2n) is 4.02. The van der Waals surface area contributed by atoms with E-state index in [1.54, 1.807) is 18.3 Å². The van der Waals surface area contributed by atoms with Crippen LogP contribution in [0.1, 0.15) is 31.5 Å². The van der Waals surface area contributed by atoms with Crippen molar-refractivity contribution in [3.8, 4) is 0 Å². The molecular weight excluding hydrogens is 194 g/mol. The lowest BCUT2D eigenvalue weighted by Gasteiger charge is -2.16. The molecule has 0 saturated carbocycles. The van der Waals surface area contributed by atoms with Gasteiger partial charge in [-0.15, -0.1) is 11.3 Å². The van der Waals surface area contributed by atoms with Crippen molar-refractivity contribution in [3.63, 3.8) is 0 Å². The summed E-state index contributed by atoms with van der Waals surface area (Å²) in [5.74, 6) is 0.789. The first-order valence-corrected chi connectivity index (χ1v) is 5.80. The van der Waals surface area contributed by atoms with Gasteiger partial charge in [-0.05, 0) is 19.8 Å². The predicted octanol–water partition coefficient (Wildman–Crippen LogP) is 2.86. The van der Waals surface area contributed by atoms with E-state index >= 15 is 0 Å². The Bertz CT molecular complexity index is 317. The van der Waals surface area contributed by atoms with Gasteiger partial charge in [-0.25, -0.2) is 4.98 Å². The predicted molar refractivity (Wildman–Crippen MR) is 59.6 cm³/mol. The number of carbonyl (C=O) groups excluding carboxylic acids is 1. The molecule has 0 fully saturated rings. The van der Waals surface area contributed by atoms with Crippen molar-refractivity contribution < 1.29 is 4.79 Å². The van der Waals surface area contributed by atoms with Crippen LogP contribution >= 0.6 is 11.3 Å². The molecular formula is C11H17NOS. The maximum Gasteiger partial charge on any atom is 0.133 e. The molecule has 14 heavy (non-hydrogen) atoms. The van der Waals surface area contributed by atoms with Crippen molar-refractivity contribution in [2.45, 2.75) is 34.1 Å². The third kappa shape index (κ3) is 2.91. The van der Waals surface area contributed by atoms with Gasteiger partial charge in [-0.3, -0.25) is 4.79 Å². The molecule has 0 radical (unpaired) electrons. The summed E-state index contributed by atoms with van der Waals surface area (Å²) in [6.07, 6.45) is 0.789. The SMILES string of the molecule is CC(=O)C(Cc1csc(C)n1)C(C)C. The minimum Gasteiger partial charge on any atom is -0.300 e. The van der Waals surface area contributed by atoms with Gasteiger partial charge in [-0.1, -0.05) is 13.8 Å². The van der Waals surface area contributed by atoms with Crippen LogP contribution in [0.4, 0.5) is 0 Å². The normalized spacial score (nSPS) is 13.2. The van der Waals surface area contributed by atoms with Crippen LogP contribution in [0.2, 0.25) is 0 Å². The molecule has 0 saturated heterocycles. The van der Waals surface area contributed by atoms with E-state index in [1.807, 2.05) is 12.3 Å². The Morgan fingerprint density at radius 2 is 2.21 bits per heavy atom. The highest BCUT2D eigenvalue weighted by Crippen LogP contribution is 2.19. The Hall–Kier alpha value is -0.700. The van der Waals surface area contributed by atoms with Crippen LogP contribution in [0.5, 0.6) is 0 Å². The van der Waals surface area contributed by atoms with Gasteiger partial charge >= 0.3 is 0 Å². The largest absolute Gasteiger partial charge is 0.300 e. The number of ketones is 1. The van der Waals surface area contributed by atoms with E-state index in [0.717, 1.165) is 17.1 Å². The number of aryl methyl sites for hydroxylation is 1. The van der Waals surface area contributed by atoms with Crippen molar-refractivity contribution in [1.29, 1.82) is 0 Å². The third-order valence-corrected chi connectivity index (χ3v) is 3.24. The molecule has 0 spiro atoms. The molecule has 0 N–H and O–H groups in total. The van der Waals surface area contributed by atoms with Crippen molar-refractivity contribution in [2.24, 2.45) is 11.8 Å². The van der Waals surface area contributed by atoms with Gasteiger partial charge in [0.05, 0.1) is 10.7 Å². The Kier molecular flexibility index (Phi) is 3.81. The standard InChI is InChI=1S/C11H17NOS/c1-7(2)11(8(3)13)5-10-6-14-9(4)12-10/h6-7,11H,5H2,1-4H3. The summed E-state index contributed by atoms with van der Waals surface area (Å²) in [6.45, 7) is 7.84. The Balaban J connectivity index is 2.69. The molecule has 2 nitrogen and oxygen atoms in total. The molecule has 1 aromatic rings. The van der Waals surface area contributed by atoms with E-state index in [4.69, 9.17) is 0 Å². The lowest BCUT2D eigenvalue weighted by Crippen LogP contribution is -2.20. The number of nitrogens with zero attached hydrogens (tertiary/aromatic N) is 1. The van der Waals surface area contributed by atoms with E-state index in [-0.39, 0.29) is 11.7 Å². The topological polar surface area (TPSA) is 30.0 Å². The average molecular weight is 211 g/mol. The van der Waals surface area contributed by atoms with Crippen LogP contribution in [-0.2, 0) is 11.2 Å². The maximum absolute atomic E-state index is 11.4. The quantitative estimate of drug-likeness (QED) is 0.766. The van der Waals surface area contributed by atoms with E-state index in [2.05, 4.69) is 18.8 Å². The highest BCUT2D eigenvalue weighted by molar-refractivity contribution is 7.09. The number of Topliss-reactive ketones (excluding diaryl/α,β-unsaturated/α-hetero) is 1. The fourth-order valence-corrected chi connectivity index (χ4v) is 2.20. The molecule has 3 heteroatoms. The third-order valence-electron chi connectivity index (χ3n) is 2.42. The van der Waals surface area contributed by atoms with Crippen LogP contribution < -0.4 is 0 Å². The molecule has 1 rings (SSSR count). The number of hydrogen-bond donors (Lipinski definition) is 0. The lowest BCUT2D eigenvalue weighted by atomic mass is 9.88. The highest BCUT2D eigenvalue weighted by atomic mass is 32.1. The first-order chi connectivity index (χ1) is 6.50. The maximum atomic E-state index is 11.4. The summed E-state index contributed by atoms with van der Waals surface area (Å²) in [4.78, 5) is 15.8. The van der Waals surface area contributed by atoms with Gasteiger partial charge in [0.1, 0.15) is 5.78 Å². The number of carbonyl (C=O) groups is 1. The zero-order chi connectivity index (χ0) is 10.7. The van der Waals surface area contributed by atoms with Crippen molar-refractivity contribution >= 4 is 17.1 Å². The van der Waals surface area contributed by atoms with Crippen LogP contribution in [-0.4, -0.2) is 10.8 Å². The van der Waals surface area contributed by atoms with Crippen molar-refractivity contribution in [1.82, 2.24) is 4.98 Å². The summed E-state index contributed by atoms with van der Waals surface area (Å²) < 4.78 is 0. The molecule has 0 bridgehead atoms. The highest BCUT2D eigenvalue weighted by Gasteiger charge is 2.19. The zero-order valence-electron chi connectivity index (χ0n) is 9.20.